The van der Waals surface area contributed by atoms with Gasteiger partial charge in [-0.15, -0.1) is 11.8 Å². The Balaban J connectivity index is 2.05. The number of phenols is 1. The van der Waals surface area contributed by atoms with E-state index in [1.165, 1.54) is 18.7 Å². The number of rotatable bonds is 7. The highest BCUT2D eigenvalue weighted by Gasteiger charge is 2.41. The van der Waals surface area contributed by atoms with Gasteiger partial charge in [0.05, 0.1) is 0 Å². The lowest BCUT2D eigenvalue weighted by Gasteiger charge is -2.28. The van der Waals surface area contributed by atoms with Crippen LogP contribution in [0.25, 0.3) is 0 Å². The molecule has 2 amide bonds. The Morgan fingerprint density at radius 1 is 1.32 bits per heavy atom. The maximum absolute atomic E-state index is 12.6. The Morgan fingerprint density at radius 2 is 2.00 bits per heavy atom. The Labute approximate surface area is 153 Å². The Hall–Kier alpha value is -1.73. The molecule has 1 fully saturated rings. The number of nitrogens with zero attached hydrogens (tertiary/aromatic N) is 2. The van der Waals surface area contributed by atoms with E-state index in [0.29, 0.717) is 17.9 Å². The van der Waals surface area contributed by atoms with Gasteiger partial charge in [-0.2, -0.15) is 0 Å². The summed E-state index contributed by atoms with van der Waals surface area (Å²) >= 11 is 1.51. The van der Waals surface area contributed by atoms with Crippen molar-refractivity contribution < 1.29 is 14.7 Å². The predicted molar refractivity (Wildman–Crippen MR) is 100 cm³/mol. The van der Waals surface area contributed by atoms with Crippen molar-refractivity contribution in [3.8, 4) is 5.75 Å². The van der Waals surface area contributed by atoms with Gasteiger partial charge >= 0.3 is 0 Å². The normalized spacial score (nSPS) is 20.1. The molecule has 7 heteroatoms. The van der Waals surface area contributed by atoms with Crippen LogP contribution in [0.5, 0.6) is 5.75 Å². The minimum absolute atomic E-state index is 0.132. The van der Waals surface area contributed by atoms with Crippen LogP contribution in [0, 0.1) is 0 Å². The summed E-state index contributed by atoms with van der Waals surface area (Å²) < 4.78 is 0. The van der Waals surface area contributed by atoms with Crippen LogP contribution in [-0.4, -0.2) is 64.7 Å². The second-order valence-corrected chi connectivity index (χ2v) is 7.12. The molecule has 138 valence electrons. The van der Waals surface area contributed by atoms with E-state index in [0.717, 1.165) is 19.6 Å². The van der Waals surface area contributed by atoms with Crippen molar-refractivity contribution in [1.29, 1.82) is 0 Å². The molecule has 1 heterocycles. The number of hydrogen-bond acceptors (Lipinski definition) is 5. The standard InChI is InChI=1S/C18H27N3O3S/c1-4-20(5-2)11-10-19-17(24)15-12-25-18(21(15)13(3)22)14-8-6-7-9-16(14)23/h6-9,15,18,23H,4-5,10-12H2,1-3H3,(H,19,24)/t15-,18+/m0/s1. The van der Waals surface area contributed by atoms with E-state index in [1.54, 1.807) is 23.1 Å². The van der Waals surface area contributed by atoms with Crippen LogP contribution >= 0.6 is 11.8 Å². The van der Waals surface area contributed by atoms with Gasteiger partial charge < -0.3 is 20.2 Å². The number of hydrogen-bond donors (Lipinski definition) is 2. The zero-order valence-corrected chi connectivity index (χ0v) is 15.9. The number of likely N-dealkylation sites (N-methyl/N-ethyl adjacent to an activating group) is 1. The number of para-hydroxylation sites is 1. The van der Waals surface area contributed by atoms with Crippen molar-refractivity contribution in [2.24, 2.45) is 0 Å². The topological polar surface area (TPSA) is 72.9 Å². The molecule has 1 saturated heterocycles. The average molecular weight is 365 g/mol. The summed E-state index contributed by atoms with van der Waals surface area (Å²) in [6.45, 7) is 8.90. The third kappa shape index (κ3) is 4.67. The highest BCUT2D eigenvalue weighted by atomic mass is 32.2. The molecule has 0 aliphatic carbocycles. The molecule has 2 rings (SSSR count). The number of nitrogens with one attached hydrogen (secondary N) is 1. The number of thioether (sulfide) groups is 1. The van der Waals surface area contributed by atoms with Gasteiger partial charge in [0.25, 0.3) is 0 Å². The third-order valence-corrected chi connectivity index (χ3v) is 5.80. The van der Waals surface area contributed by atoms with Crippen molar-refractivity contribution in [2.45, 2.75) is 32.2 Å². The zero-order valence-electron chi connectivity index (χ0n) is 15.1. The van der Waals surface area contributed by atoms with Crippen molar-refractivity contribution >= 4 is 23.6 Å². The van der Waals surface area contributed by atoms with Crippen molar-refractivity contribution in [3.63, 3.8) is 0 Å². The SMILES string of the molecule is CCN(CC)CCNC(=O)[C@@H]1CS[C@H](c2ccccc2O)N1C(C)=O. The predicted octanol–water partition coefficient (Wildman–Crippen LogP) is 1.81. The van der Waals surface area contributed by atoms with E-state index < -0.39 is 6.04 Å². The molecule has 0 unspecified atom stereocenters. The summed E-state index contributed by atoms with van der Waals surface area (Å²) in [6.07, 6.45) is 0. The van der Waals surface area contributed by atoms with Crippen molar-refractivity contribution in [2.75, 3.05) is 31.9 Å². The van der Waals surface area contributed by atoms with Gasteiger partial charge in [-0.3, -0.25) is 9.59 Å². The average Bonchev–Trinajstić information content (AvgIpc) is 3.04. The van der Waals surface area contributed by atoms with Gasteiger partial charge in [0.1, 0.15) is 17.2 Å². The Morgan fingerprint density at radius 3 is 2.60 bits per heavy atom. The molecule has 0 bridgehead atoms. The fraction of sp³-hybridized carbons (Fsp3) is 0.556. The number of benzene rings is 1. The fourth-order valence-electron chi connectivity index (χ4n) is 3.02. The van der Waals surface area contributed by atoms with Gasteiger partial charge in [-0.1, -0.05) is 32.0 Å². The van der Waals surface area contributed by atoms with Gasteiger partial charge in [0.15, 0.2) is 0 Å². The van der Waals surface area contributed by atoms with Crippen LogP contribution in [0.4, 0.5) is 0 Å². The summed E-state index contributed by atoms with van der Waals surface area (Å²) in [7, 11) is 0. The molecule has 2 N–H and O–H groups in total. The molecule has 2 atom stereocenters. The first kappa shape index (κ1) is 19.6. The van der Waals surface area contributed by atoms with Crippen LogP contribution in [-0.2, 0) is 9.59 Å². The lowest BCUT2D eigenvalue weighted by Crippen LogP contribution is -2.48. The monoisotopic (exact) mass is 365 g/mol. The van der Waals surface area contributed by atoms with E-state index in [4.69, 9.17) is 0 Å². The number of phenolic OH excluding ortho intramolecular Hbond substituents is 1. The molecule has 6 nitrogen and oxygen atoms in total. The maximum Gasteiger partial charge on any atom is 0.243 e. The maximum atomic E-state index is 12.6. The van der Waals surface area contributed by atoms with Crippen LogP contribution in [0.15, 0.2) is 24.3 Å². The number of carbonyl (C=O) groups is 2. The first-order chi connectivity index (χ1) is 12.0. The van der Waals surface area contributed by atoms with E-state index in [1.807, 2.05) is 6.07 Å². The fourth-order valence-corrected chi connectivity index (χ4v) is 4.54. The molecule has 1 aromatic rings. The van der Waals surface area contributed by atoms with E-state index in [2.05, 4.69) is 24.1 Å². The smallest absolute Gasteiger partial charge is 0.243 e. The number of carbonyl (C=O) groups excluding carboxylic acids is 2. The van der Waals surface area contributed by atoms with Crippen LogP contribution in [0.2, 0.25) is 0 Å². The van der Waals surface area contributed by atoms with Gasteiger partial charge in [0, 0.05) is 31.3 Å². The largest absolute Gasteiger partial charge is 0.508 e. The Bertz CT molecular complexity index is 607. The molecule has 25 heavy (non-hydrogen) atoms. The molecular formula is C18H27N3O3S. The zero-order chi connectivity index (χ0) is 18.4. The van der Waals surface area contributed by atoms with Crippen molar-refractivity contribution in [1.82, 2.24) is 15.1 Å². The van der Waals surface area contributed by atoms with Gasteiger partial charge in [-0.05, 0) is 19.2 Å². The van der Waals surface area contributed by atoms with E-state index in [9.17, 15) is 14.7 Å². The highest BCUT2D eigenvalue weighted by Crippen LogP contribution is 2.44. The summed E-state index contributed by atoms with van der Waals surface area (Å²) in [5.41, 5.74) is 0.668. The minimum Gasteiger partial charge on any atom is -0.508 e. The molecule has 0 aromatic heterocycles. The third-order valence-electron chi connectivity index (χ3n) is 4.49. The summed E-state index contributed by atoms with van der Waals surface area (Å²) in [6, 6.07) is 6.46. The second-order valence-electron chi connectivity index (χ2n) is 6.00. The molecule has 0 spiro atoms. The first-order valence-electron chi connectivity index (χ1n) is 8.68. The summed E-state index contributed by atoms with van der Waals surface area (Å²) in [5, 5.41) is 12.7. The van der Waals surface area contributed by atoms with Crippen LogP contribution in [0.1, 0.15) is 31.7 Å². The minimum atomic E-state index is -0.510. The second kappa shape index (κ2) is 9.10. The van der Waals surface area contributed by atoms with Gasteiger partial charge in [0.2, 0.25) is 11.8 Å². The molecule has 1 aromatic carbocycles. The first-order valence-corrected chi connectivity index (χ1v) is 9.72. The quantitative estimate of drug-likeness (QED) is 0.771. The van der Waals surface area contributed by atoms with Gasteiger partial charge in [-0.25, -0.2) is 0 Å². The Kier molecular flexibility index (Phi) is 7.13. The van der Waals surface area contributed by atoms with Crippen LogP contribution in [0.3, 0.4) is 0 Å². The number of aromatic hydroxyl groups is 1. The number of amides is 2. The summed E-state index contributed by atoms with van der Waals surface area (Å²) in [4.78, 5) is 28.6. The lowest BCUT2D eigenvalue weighted by atomic mass is 10.1. The molecular weight excluding hydrogens is 338 g/mol. The molecule has 1 aliphatic heterocycles. The highest BCUT2D eigenvalue weighted by molar-refractivity contribution is 7.99. The molecule has 1 aliphatic rings. The van der Waals surface area contributed by atoms with Crippen LogP contribution < -0.4 is 5.32 Å². The summed E-state index contributed by atoms with van der Waals surface area (Å²) in [5.74, 6) is 0.374. The van der Waals surface area contributed by atoms with Crippen molar-refractivity contribution in [3.05, 3.63) is 29.8 Å². The molecule has 0 radical (unpaired) electrons. The lowest BCUT2D eigenvalue weighted by molar-refractivity contribution is -0.138. The van der Waals surface area contributed by atoms with E-state index >= 15 is 0 Å². The molecule has 0 saturated carbocycles. The van der Waals surface area contributed by atoms with E-state index in [-0.39, 0.29) is 22.9 Å².